The van der Waals surface area contributed by atoms with Crippen LogP contribution in [0.1, 0.15) is 12.8 Å². The molecule has 0 radical (unpaired) electrons. The van der Waals surface area contributed by atoms with Crippen molar-refractivity contribution >= 4 is 10.1 Å². The van der Waals surface area contributed by atoms with Crippen LogP contribution in [0.25, 0.3) is 0 Å². The van der Waals surface area contributed by atoms with Gasteiger partial charge in [0.25, 0.3) is 0 Å². The van der Waals surface area contributed by atoms with Crippen molar-refractivity contribution < 1.29 is 35.5 Å². The molecule has 0 aliphatic carbocycles. The van der Waals surface area contributed by atoms with Crippen molar-refractivity contribution in [1.82, 2.24) is 5.06 Å². The number of amides is 1. The van der Waals surface area contributed by atoms with Gasteiger partial charge in [0, 0.05) is 0 Å². The summed E-state index contributed by atoms with van der Waals surface area (Å²) in [7, 11) is 0. The van der Waals surface area contributed by atoms with E-state index < -0.39 is 4.19 Å². The van der Waals surface area contributed by atoms with Crippen molar-refractivity contribution in [3.05, 3.63) is 0 Å². The summed E-state index contributed by atoms with van der Waals surface area (Å²) in [6.07, 6.45) is 1.23. The fraction of sp³-hybridized carbons (Fsp3) is 0.600. The Labute approximate surface area is 70.4 Å². The molecule has 0 unspecified atom stereocenters. The van der Waals surface area contributed by atoms with Crippen molar-refractivity contribution in [2.24, 2.45) is 0 Å². The van der Waals surface area contributed by atoms with E-state index in [4.69, 9.17) is 0 Å². The second-order valence-corrected chi connectivity index (χ2v) is 2.50. The molecule has 1 heterocycles. The maximum atomic E-state index is 10.7. The van der Waals surface area contributed by atoms with E-state index >= 15 is 0 Å². The van der Waals surface area contributed by atoms with E-state index in [1.165, 1.54) is 0 Å². The number of rotatable bonds is 1. The number of carbonyl (C=O) groups is 2. The third kappa shape index (κ3) is 1.83. The van der Waals surface area contributed by atoms with Crippen LogP contribution in [0.5, 0.6) is 0 Å². The second kappa shape index (κ2) is 3.18. The summed E-state index contributed by atoms with van der Waals surface area (Å²) in [5.74, 6) is -0.132. The van der Waals surface area contributed by atoms with Crippen molar-refractivity contribution in [1.29, 1.82) is 0 Å². The van der Waals surface area contributed by atoms with E-state index in [9.17, 15) is 9.59 Å². The molecule has 60 valence electrons. The number of carbonyl (C=O) groups excluding carboxylic acids is 2. The molecule has 4 nitrogen and oxygen atoms in total. The quantitative estimate of drug-likeness (QED) is 0.611. The van der Waals surface area contributed by atoms with Gasteiger partial charge in [-0.05, 0) is 0 Å². The van der Waals surface area contributed by atoms with Gasteiger partial charge in [-0.25, -0.2) is 0 Å². The molecule has 0 spiro atoms. The van der Waals surface area contributed by atoms with Crippen LogP contribution in [0.15, 0.2) is 0 Å². The average molecular weight is 236 g/mol. The molecule has 0 saturated carbocycles. The Morgan fingerprint density at radius 2 is 2.40 bits per heavy atom. The zero-order valence-corrected chi connectivity index (χ0v) is 6.58. The van der Waals surface area contributed by atoms with Crippen molar-refractivity contribution in [3.8, 4) is 0 Å². The fourth-order valence-corrected chi connectivity index (χ4v) is 0.961. The first kappa shape index (κ1) is 7.78. The van der Waals surface area contributed by atoms with Crippen molar-refractivity contribution in [3.63, 3.8) is 0 Å². The number of hydroxylamine groups is 2. The molecular weight excluding hydrogens is 230 g/mol. The van der Waals surface area contributed by atoms with E-state index in [1.54, 1.807) is 0 Å². The molecule has 0 aromatic heterocycles. The SMILES string of the molecule is O=[C]([Ag])ON1CCCC1=O. The Morgan fingerprint density at radius 1 is 1.70 bits per heavy atom. The minimum atomic E-state index is -0.625. The molecular formula is C5H6AgNO3. The molecule has 1 aliphatic heterocycles. The van der Waals surface area contributed by atoms with Gasteiger partial charge in [-0.15, -0.1) is 0 Å². The standard InChI is InChI=1S/C5H6NO3.Ag/c7-4-9-6-3-1-2-5(6)8;/h1-3H2;. The van der Waals surface area contributed by atoms with Gasteiger partial charge in [0.15, 0.2) is 0 Å². The van der Waals surface area contributed by atoms with Crippen LogP contribution in [0.3, 0.4) is 0 Å². The molecule has 5 heteroatoms. The molecule has 0 aromatic carbocycles. The van der Waals surface area contributed by atoms with E-state index in [0.29, 0.717) is 13.0 Å². The zero-order valence-electron chi connectivity index (χ0n) is 5.09. The predicted molar refractivity (Wildman–Crippen MR) is 27.4 cm³/mol. The molecule has 10 heavy (non-hydrogen) atoms. The molecule has 0 bridgehead atoms. The summed E-state index contributed by atoms with van der Waals surface area (Å²) in [6, 6.07) is 0. The van der Waals surface area contributed by atoms with Crippen LogP contribution in [-0.2, 0) is 30.7 Å². The minimum absolute atomic E-state index is 0.132. The Bertz CT molecular complexity index is 170. The average Bonchev–Trinajstić information content (AvgIpc) is 2.15. The van der Waals surface area contributed by atoms with Crippen LogP contribution < -0.4 is 0 Å². The Kier molecular flexibility index (Phi) is 2.48. The fourth-order valence-electron chi connectivity index (χ4n) is 0.798. The molecule has 1 fully saturated rings. The van der Waals surface area contributed by atoms with Crippen LogP contribution >= 0.6 is 0 Å². The molecule has 1 aliphatic rings. The second-order valence-electron chi connectivity index (χ2n) is 1.90. The molecule has 0 aromatic rings. The van der Waals surface area contributed by atoms with Gasteiger partial charge in [0.1, 0.15) is 0 Å². The van der Waals surface area contributed by atoms with Crippen LogP contribution in [0.4, 0.5) is 4.79 Å². The van der Waals surface area contributed by atoms with Gasteiger partial charge in [0.2, 0.25) is 0 Å². The maximum absolute atomic E-state index is 10.7. The summed E-state index contributed by atoms with van der Waals surface area (Å²) >= 11 is 2.57. The first-order valence-corrected chi connectivity index (χ1v) is 3.58. The van der Waals surface area contributed by atoms with Crippen LogP contribution in [0, 0.1) is 0 Å². The van der Waals surface area contributed by atoms with E-state index in [1.807, 2.05) is 0 Å². The van der Waals surface area contributed by atoms with Gasteiger partial charge < -0.3 is 0 Å². The number of hydrogen-bond acceptors (Lipinski definition) is 3. The monoisotopic (exact) mass is 235 g/mol. The Balaban J connectivity index is 2.40. The van der Waals surface area contributed by atoms with Gasteiger partial charge in [-0.1, -0.05) is 0 Å². The first-order valence-electron chi connectivity index (χ1n) is 2.84. The van der Waals surface area contributed by atoms with E-state index in [2.05, 4.69) is 25.9 Å². The zero-order chi connectivity index (χ0) is 7.56. The first-order chi connectivity index (χ1) is 4.70. The summed E-state index contributed by atoms with van der Waals surface area (Å²) in [5, 5.41) is 1.07. The van der Waals surface area contributed by atoms with Gasteiger partial charge in [-0.2, -0.15) is 0 Å². The Hall–Kier alpha value is -0.320. The van der Waals surface area contributed by atoms with Crippen molar-refractivity contribution in [2.45, 2.75) is 12.8 Å². The summed E-state index contributed by atoms with van der Waals surface area (Å²) in [5.41, 5.74) is 0. The molecule has 1 saturated heterocycles. The molecule has 0 atom stereocenters. The van der Waals surface area contributed by atoms with Gasteiger partial charge in [-0.3, -0.25) is 0 Å². The summed E-state index contributed by atoms with van der Waals surface area (Å²) in [4.78, 5) is 25.5. The molecule has 0 N–H and O–H groups in total. The van der Waals surface area contributed by atoms with Crippen LogP contribution in [0.2, 0.25) is 0 Å². The number of hydrogen-bond donors (Lipinski definition) is 0. The predicted octanol–water partition coefficient (Wildman–Crippen LogP) is 0.207. The van der Waals surface area contributed by atoms with Crippen molar-refractivity contribution in [2.75, 3.05) is 6.54 Å². The van der Waals surface area contributed by atoms with E-state index in [-0.39, 0.29) is 5.91 Å². The molecule has 1 amide bonds. The number of nitrogens with zero attached hydrogens (tertiary/aromatic N) is 1. The summed E-state index contributed by atoms with van der Waals surface area (Å²) < 4.78 is -0.625. The normalized spacial score (nSPS) is 17.8. The molecule has 1 rings (SSSR count). The third-order valence-electron chi connectivity index (χ3n) is 1.21. The van der Waals surface area contributed by atoms with Gasteiger partial charge >= 0.3 is 70.0 Å². The summed E-state index contributed by atoms with van der Waals surface area (Å²) in [6.45, 7) is 0.510. The van der Waals surface area contributed by atoms with E-state index in [0.717, 1.165) is 11.5 Å². The van der Waals surface area contributed by atoms with Crippen LogP contribution in [-0.4, -0.2) is 21.7 Å². The Morgan fingerprint density at radius 3 is 2.80 bits per heavy atom. The third-order valence-corrected chi connectivity index (χ3v) is 1.34. The topological polar surface area (TPSA) is 46.6 Å². The van der Waals surface area contributed by atoms with Gasteiger partial charge in [0.05, 0.1) is 0 Å².